The molecule has 0 spiro atoms. The molecular formula is C16H22N2O. The van der Waals surface area contributed by atoms with Crippen LogP contribution in [-0.4, -0.2) is 12.5 Å². The van der Waals surface area contributed by atoms with Crippen molar-refractivity contribution >= 4 is 5.91 Å². The molecule has 1 aromatic carbocycles. The van der Waals surface area contributed by atoms with Gasteiger partial charge in [0.25, 0.3) is 0 Å². The van der Waals surface area contributed by atoms with E-state index in [0.29, 0.717) is 0 Å². The van der Waals surface area contributed by atoms with Crippen LogP contribution in [0, 0.1) is 0 Å². The van der Waals surface area contributed by atoms with Gasteiger partial charge in [-0.15, -0.1) is 0 Å². The second-order valence-electron chi connectivity index (χ2n) is 5.06. The number of carbonyl (C=O) groups excluding carboxylic acids is 1. The van der Waals surface area contributed by atoms with Crippen molar-refractivity contribution in [3.05, 3.63) is 47.5 Å². The molecule has 0 bridgehead atoms. The van der Waals surface area contributed by atoms with E-state index in [1.807, 2.05) is 30.3 Å². The Morgan fingerprint density at radius 1 is 1.26 bits per heavy atom. The first-order valence-corrected chi connectivity index (χ1v) is 7.03. The Balaban J connectivity index is 1.88. The average molecular weight is 258 g/mol. The first-order valence-electron chi connectivity index (χ1n) is 7.03. The summed E-state index contributed by atoms with van der Waals surface area (Å²) in [4.78, 5) is 11.5. The normalized spacial score (nSPS) is 16.7. The number of nitrogens with two attached hydrogens (primary N) is 1. The van der Waals surface area contributed by atoms with Crippen LogP contribution < -0.4 is 11.1 Å². The summed E-state index contributed by atoms with van der Waals surface area (Å²) in [5.41, 5.74) is 7.92. The fraction of sp³-hybridized carbons (Fsp3) is 0.438. The molecule has 0 radical (unpaired) electrons. The van der Waals surface area contributed by atoms with Crippen LogP contribution in [0.15, 0.2) is 42.0 Å². The molecule has 3 nitrogen and oxygen atoms in total. The Kier molecular flexibility index (Phi) is 5.16. The fourth-order valence-electron chi connectivity index (χ4n) is 2.54. The van der Waals surface area contributed by atoms with Crippen LogP contribution in [0.1, 0.15) is 43.7 Å². The van der Waals surface area contributed by atoms with Crippen LogP contribution in [0.4, 0.5) is 0 Å². The number of rotatable bonds is 6. The van der Waals surface area contributed by atoms with Crippen molar-refractivity contribution in [3.8, 4) is 0 Å². The van der Waals surface area contributed by atoms with E-state index in [4.69, 9.17) is 5.73 Å². The summed E-state index contributed by atoms with van der Waals surface area (Å²) in [6.45, 7) is 0.800. The largest absolute Gasteiger partial charge is 0.368 e. The molecule has 3 N–H and O–H groups in total. The van der Waals surface area contributed by atoms with Crippen molar-refractivity contribution in [1.29, 1.82) is 0 Å². The van der Waals surface area contributed by atoms with Crippen molar-refractivity contribution in [2.75, 3.05) is 6.54 Å². The lowest BCUT2D eigenvalue weighted by Crippen LogP contribution is -2.34. The number of benzene rings is 1. The molecule has 1 atom stereocenters. The van der Waals surface area contributed by atoms with E-state index in [2.05, 4.69) is 11.4 Å². The van der Waals surface area contributed by atoms with Gasteiger partial charge >= 0.3 is 0 Å². The Morgan fingerprint density at radius 2 is 2.05 bits per heavy atom. The van der Waals surface area contributed by atoms with Gasteiger partial charge in [0.1, 0.15) is 6.04 Å². The SMILES string of the molecule is NC(=O)[C@H](NCCC1=CCCCC1)c1ccccc1. The Labute approximate surface area is 114 Å². The second-order valence-corrected chi connectivity index (χ2v) is 5.06. The van der Waals surface area contributed by atoms with E-state index < -0.39 is 0 Å². The van der Waals surface area contributed by atoms with Gasteiger partial charge in [0.15, 0.2) is 0 Å². The highest BCUT2D eigenvalue weighted by molar-refractivity contribution is 5.81. The second kappa shape index (κ2) is 7.10. The monoisotopic (exact) mass is 258 g/mol. The van der Waals surface area contributed by atoms with E-state index in [-0.39, 0.29) is 11.9 Å². The van der Waals surface area contributed by atoms with E-state index in [0.717, 1.165) is 18.5 Å². The van der Waals surface area contributed by atoms with Crippen LogP contribution in [0.25, 0.3) is 0 Å². The quantitative estimate of drug-likeness (QED) is 0.771. The van der Waals surface area contributed by atoms with Crippen molar-refractivity contribution in [2.45, 2.75) is 38.1 Å². The zero-order valence-electron chi connectivity index (χ0n) is 11.3. The minimum absolute atomic E-state index is 0.316. The molecule has 1 aromatic rings. The van der Waals surface area contributed by atoms with Gasteiger partial charge in [0.05, 0.1) is 0 Å². The average Bonchev–Trinajstić information content (AvgIpc) is 2.45. The lowest BCUT2D eigenvalue weighted by molar-refractivity contribution is -0.120. The van der Waals surface area contributed by atoms with Crippen molar-refractivity contribution in [3.63, 3.8) is 0 Å². The number of hydrogen-bond acceptors (Lipinski definition) is 2. The van der Waals surface area contributed by atoms with Crippen LogP contribution >= 0.6 is 0 Å². The molecule has 19 heavy (non-hydrogen) atoms. The fourth-order valence-corrected chi connectivity index (χ4v) is 2.54. The zero-order valence-corrected chi connectivity index (χ0v) is 11.3. The first-order chi connectivity index (χ1) is 9.27. The maximum atomic E-state index is 11.5. The van der Waals surface area contributed by atoms with E-state index >= 15 is 0 Å². The molecule has 0 aromatic heterocycles. The Morgan fingerprint density at radius 3 is 2.68 bits per heavy atom. The minimum atomic E-state index is -0.384. The number of amides is 1. The van der Waals surface area contributed by atoms with Gasteiger partial charge in [-0.2, -0.15) is 0 Å². The van der Waals surface area contributed by atoms with Gasteiger partial charge in [-0.05, 0) is 44.2 Å². The van der Waals surface area contributed by atoms with E-state index in [1.165, 1.54) is 31.3 Å². The van der Waals surface area contributed by atoms with Gasteiger partial charge in [-0.1, -0.05) is 42.0 Å². The van der Waals surface area contributed by atoms with E-state index in [1.54, 1.807) is 0 Å². The lowest BCUT2D eigenvalue weighted by Gasteiger charge is -2.17. The van der Waals surface area contributed by atoms with Crippen LogP contribution in [0.3, 0.4) is 0 Å². The molecule has 1 aliphatic carbocycles. The van der Waals surface area contributed by atoms with Crippen LogP contribution in [0.2, 0.25) is 0 Å². The summed E-state index contributed by atoms with van der Waals surface area (Å²) >= 11 is 0. The topological polar surface area (TPSA) is 55.1 Å². The third kappa shape index (κ3) is 4.21. The van der Waals surface area contributed by atoms with Gasteiger partial charge in [-0.3, -0.25) is 4.79 Å². The molecule has 1 aliphatic rings. The Bertz CT molecular complexity index is 439. The number of carbonyl (C=O) groups is 1. The third-order valence-corrected chi connectivity index (χ3v) is 3.60. The highest BCUT2D eigenvalue weighted by atomic mass is 16.1. The molecule has 102 valence electrons. The molecule has 0 heterocycles. The van der Waals surface area contributed by atoms with Crippen molar-refractivity contribution in [2.24, 2.45) is 5.73 Å². The molecule has 0 saturated heterocycles. The third-order valence-electron chi connectivity index (χ3n) is 3.60. The van der Waals surface area contributed by atoms with Gasteiger partial charge in [0.2, 0.25) is 5.91 Å². The number of allylic oxidation sites excluding steroid dienone is 1. The van der Waals surface area contributed by atoms with Crippen LogP contribution in [0.5, 0.6) is 0 Å². The lowest BCUT2D eigenvalue weighted by atomic mass is 9.97. The molecular weight excluding hydrogens is 236 g/mol. The summed E-state index contributed by atoms with van der Waals surface area (Å²) < 4.78 is 0. The van der Waals surface area contributed by atoms with E-state index in [9.17, 15) is 4.79 Å². The standard InChI is InChI=1S/C16H22N2O/c17-16(19)15(14-9-5-2-6-10-14)18-12-11-13-7-3-1-4-8-13/h2,5-7,9-10,15,18H,1,3-4,8,11-12H2,(H2,17,19)/t15-/m1/s1. The summed E-state index contributed by atoms with van der Waals surface area (Å²) in [7, 11) is 0. The summed E-state index contributed by atoms with van der Waals surface area (Å²) in [5, 5.41) is 3.27. The maximum Gasteiger partial charge on any atom is 0.239 e. The highest BCUT2D eigenvalue weighted by Crippen LogP contribution is 2.20. The predicted octanol–water partition coefficient (Wildman–Crippen LogP) is 2.69. The molecule has 0 unspecified atom stereocenters. The molecule has 1 amide bonds. The summed E-state index contributed by atoms with van der Waals surface area (Å²) in [5.74, 6) is -0.316. The van der Waals surface area contributed by atoms with Gasteiger partial charge in [-0.25, -0.2) is 0 Å². The Hall–Kier alpha value is -1.61. The molecule has 2 rings (SSSR count). The molecule has 0 saturated carbocycles. The van der Waals surface area contributed by atoms with Crippen molar-refractivity contribution < 1.29 is 4.79 Å². The first kappa shape index (κ1) is 13.8. The smallest absolute Gasteiger partial charge is 0.239 e. The summed E-state index contributed by atoms with van der Waals surface area (Å²) in [6.07, 6.45) is 8.36. The van der Waals surface area contributed by atoms with Gasteiger partial charge < -0.3 is 11.1 Å². The summed E-state index contributed by atoms with van der Waals surface area (Å²) in [6, 6.07) is 9.28. The number of primary amides is 1. The number of hydrogen-bond donors (Lipinski definition) is 2. The molecule has 0 aliphatic heterocycles. The zero-order chi connectivity index (χ0) is 13.5. The number of nitrogens with one attached hydrogen (secondary N) is 1. The van der Waals surface area contributed by atoms with Gasteiger partial charge in [0, 0.05) is 0 Å². The van der Waals surface area contributed by atoms with Crippen LogP contribution in [-0.2, 0) is 4.79 Å². The molecule has 0 fully saturated rings. The maximum absolute atomic E-state index is 11.5. The molecule has 3 heteroatoms. The predicted molar refractivity (Wildman–Crippen MR) is 77.5 cm³/mol. The minimum Gasteiger partial charge on any atom is -0.368 e. The van der Waals surface area contributed by atoms with Crippen molar-refractivity contribution in [1.82, 2.24) is 5.32 Å². The highest BCUT2D eigenvalue weighted by Gasteiger charge is 2.16.